The van der Waals surface area contributed by atoms with Crippen LogP contribution in [0.1, 0.15) is 24.2 Å². The molecule has 1 atom stereocenters. The van der Waals surface area contributed by atoms with E-state index in [1.165, 1.54) is 24.1 Å². The average Bonchev–Trinajstić information content (AvgIpc) is 2.82. The van der Waals surface area contributed by atoms with Gasteiger partial charge in [0.2, 0.25) is 5.91 Å². The number of aliphatic hydroxyl groups excluding tert-OH is 1. The number of rotatable bonds is 10. The molecule has 0 bridgehead atoms. The Morgan fingerprint density at radius 2 is 1.76 bits per heavy atom. The summed E-state index contributed by atoms with van der Waals surface area (Å²) in [5, 5.41) is 14.7. The molecular formula is C24H31FN4O4S. The summed E-state index contributed by atoms with van der Waals surface area (Å²) < 4.78 is 21.9. The van der Waals surface area contributed by atoms with Crippen LogP contribution in [0.25, 0.3) is 0 Å². The second kappa shape index (κ2) is 12.3. The summed E-state index contributed by atoms with van der Waals surface area (Å²) in [7, 11) is 0. The van der Waals surface area contributed by atoms with Gasteiger partial charge < -0.3 is 20.5 Å². The number of carbonyl (C=O) groups excluding carboxylic acids is 2. The van der Waals surface area contributed by atoms with Crippen LogP contribution in [0.4, 0.5) is 10.1 Å². The molecule has 10 heteroatoms. The molecule has 0 aromatic heterocycles. The van der Waals surface area contributed by atoms with Gasteiger partial charge in [-0.15, -0.1) is 0 Å². The molecule has 4 N–H and O–H groups in total. The molecule has 2 amide bonds. The van der Waals surface area contributed by atoms with E-state index in [2.05, 4.69) is 34.1 Å². The summed E-state index contributed by atoms with van der Waals surface area (Å²) in [5.74, 6) is -1.60. The van der Waals surface area contributed by atoms with Crippen LogP contribution in [0.5, 0.6) is 0 Å². The highest BCUT2D eigenvalue weighted by atomic mass is 32.2. The summed E-state index contributed by atoms with van der Waals surface area (Å²) in [6.45, 7) is 8.04. The number of ether oxygens (including phenoxy) is 1. The molecule has 8 nitrogen and oxygen atoms in total. The average molecular weight is 491 g/mol. The van der Waals surface area contributed by atoms with E-state index in [0.29, 0.717) is 5.69 Å². The Kier molecular flexibility index (Phi) is 9.43. The first-order valence-corrected chi connectivity index (χ1v) is 11.9. The summed E-state index contributed by atoms with van der Waals surface area (Å²) in [6.07, 6.45) is 0. The predicted octanol–water partition coefficient (Wildman–Crippen LogP) is 2.26. The van der Waals surface area contributed by atoms with E-state index in [1.54, 1.807) is 12.1 Å². The van der Waals surface area contributed by atoms with E-state index < -0.39 is 30.3 Å². The molecule has 0 radical (unpaired) electrons. The van der Waals surface area contributed by atoms with E-state index >= 15 is 0 Å². The number of nitrogens with one attached hydrogen (secondary N) is 3. The van der Waals surface area contributed by atoms with E-state index in [4.69, 9.17) is 4.74 Å². The number of anilines is 1. The highest BCUT2D eigenvalue weighted by Gasteiger charge is 2.23. The Balaban J connectivity index is 1.49. The highest BCUT2D eigenvalue weighted by molar-refractivity contribution is 7.97. The number of hydrogen-bond acceptors (Lipinski definition) is 7. The summed E-state index contributed by atoms with van der Waals surface area (Å²) in [6, 6.07) is 11.1. The minimum atomic E-state index is -1.14. The lowest BCUT2D eigenvalue weighted by Gasteiger charge is -2.35. The van der Waals surface area contributed by atoms with Gasteiger partial charge in [-0.3, -0.25) is 19.2 Å². The van der Waals surface area contributed by atoms with Crippen LogP contribution in [-0.2, 0) is 9.53 Å². The Morgan fingerprint density at radius 1 is 1.12 bits per heavy atom. The van der Waals surface area contributed by atoms with E-state index in [1.807, 2.05) is 12.1 Å². The maximum atomic E-state index is 13.0. The third-order valence-electron chi connectivity index (χ3n) is 5.20. The molecule has 34 heavy (non-hydrogen) atoms. The van der Waals surface area contributed by atoms with Crippen LogP contribution in [0, 0.1) is 5.82 Å². The predicted molar refractivity (Wildman–Crippen MR) is 130 cm³/mol. The fourth-order valence-corrected chi connectivity index (χ4v) is 4.15. The SMILES string of the molecule is CC(C)(CN1CCOCC1)NSc1ccc(NC(=O)C(CO)NC(=O)c2ccc(F)cc2)cc1. The smallest absolute Gasteiger partial charge is 0.251 e. The molecule has 2 aromatic carbocycles. The van der Waals surface area contributed by atoms with Gasteiger partial charge in [-0.2, -0.15) is 0 Å². The van der Waals surface area contributed by atoms with Gasteiger partial charge in [0.1, 0.15) is 11.9 Å². The van der Waals surface area contributed by atoms with Crippen molar-refractivity contribution in [1.82, 2.24) is 14.9 Å². The molecule has 0 aliphatic carbocycles. The van der Waals surface area contributed by atoms with Crippen molar-refractivity contribution in [3.63, 3.8) is 0 Å². The number of hydrogen-bond donors (Lipinski definition) is 4. The second-order valence-corrected chi connectivity index (χ2v) is 9.59. The Labute approximate surface area is 203 Å². The Morgan fingerprint density at radius 3 is 2.38 bits per heavy atom. The summed E-state index contributed by atoms with van der Waals surface area (Å²) >= 11 is 1.52. The lowest BCUT2D eigenvalue weighted by atomic mass is 10.1. The maximum absolute atomic E-state index is 13.0. The van der Waals surface area contributed by atoms with Crippen LogP contribution in [-0.4, -0.2) is 72.9 Å². The zero-order valence-electron chi connectivity index (χ0n) is 19.3. The van der Waals surface area contributed by atoms with Crippen LogP contribution >= 0.6 is 11.9 Å². The van der Waals surface area contributed by atoms with Crippen molar-refractivity contribution in [2.45, 2.75) is 30.3 Å². The number of aliphatic hydroxyl groups is 1. The van der Waals surface area contributed by atoms with Gasteiger partial charge in [0, 0.05) is 41.3 Å². The third-order valence-corrected chi connectivity index (χ3v) is 6.36. The van der Waals surface area contributed by atoms with Crippen molar-refractivity contribution in [2.24, 2.45) is 0 Å². The molecule has 1 heterocycles. The fraction of sp³-hybridized carbons (Fsp3) is 0.417. The number of morpholine rings is 1. The number of halogens is 1. The van der Waals surface area contributed by atoms with Crippen LogP contribution in [0.15, 0.2) is 53.4 Å². The van der Waals surface area contributed by atoms with Crippen LogP contribution in [0.3, 0.4) is 0 Å². The lowest BCUT2D eigenvalue weighted by Crippen LogP contribution is -2.49. The molecule has 1 aliphatic heterocycles. The molecule has 1 aliphatic rings. The first-order chi connectivity index (χ1) is 16.3. The first kappa shape index (κ1) is 26.1. The van der Waals surface area contributed by atoms with Crippen molar-refractivity contribution in [2.75, 3.05) is 44.8 Å². The van der Waals surface area contributed by atoms with Gasteiger partial charge in [0.15, 0.2) is 0 Å². The highest BCUT2D eigenvalue weighted by Crippen LogP contribution is 2.21. The number of nitrogens with zero attached hydrogens (tertiary/aromatic N) is 1. The van der Waals surface area contributed by atoms with Crippen molar-refractivity contribution < 1.29 is 23.8 Å². The first-order valence-electron chi connectivity index (χ1n) is 11.1. The molecular weight excluding hydrogens is 459 g/mol. The number of benzene rings is 2. The van der Waals surface area contributed by atoms with Gasteiger partial charge in [0.25, 0.3) is 5.91 Å². The monoisotopic (exact) mass is 490 g/mol. The zero-order valence-corrected chi connectivity index (χ0v) is 20.2. The fourth-order valence-electron chi connectivity index (χ4n) is 3.42. The molecule has 1 saturated heterocycles. The van der Waals surface area contributed by atoms with E-state index in [9.17, 15) is 19.1 Å². The normalized spacial score (nSPS) is 15.5. The van der Waals surface area contributed by atoms with Crippen LogP contribution in [0.2, 0.25) is 0 Å². The topological polar surface area (TPSA) is 103 Å². The van der Waals surface area contributed by atoms with E-state index in [0.717, 1.165) is 49.9 Å². The molecule has 3 rings (SSSR count). The van der Waals surface area contributed by atoms with E-state index in [-0.39, 0.29) is 11.1 Å². The van der Waals surface area contributed by atoms with Gasteiger partial charge in [-0.05, 0) is 74.3 Å². The maximum Gasteiger partial charge on any atom is 0.251 e. The Bertz CT molecular complexity index is 950. The second-order valence-electron chi connectivity index (χ2n) is 8.71. The minimum absolute atomic E-state index is 0.105. The molecule has 1 unspecified atom stereocenters. The summed E-state index contributed by atoms with van der Waals surface area (Å²) in [4.78, 5) is 28.1. The van der Waals surface area contributed by atoms with Gasteiger partial charge in [-0.25, -0.2) is 4.39 Å². The minimum Gasteiger partial charge on any atom is -0.394 e. The van der Waals surface area contributed by atoms with Crippen molar-refractivity contribution in [3.05, 3.63) is 59.9 Å². The number of carbonyl (C=O) groups is 2. The Hall–Kier alpha value is -2.50. The lowest BCUT2D eigenvalue weighted by molar-refractivity contribution is -0.118. The summed E-state index contributed by atoms with van der Waals surface area (Å²) in [5.41, 5.74) is 0.626. The largest absolute Gasteiger partial charge is 0.394 e. The van der Waals surface area contributed by atoms with Crippen molar-refractivity contribution in [3.8, 4) is 0 Å². The van der Waals surface area contributed by atoms with Gasteiger partial charge in [-0.1, -0.05) is 0 Å². The molecule has 184 valence electrons. The number of amides is 2. The van der Waals surface area contributed by atoms with Crippen LogP contribution < -0.4 is 15.4 Å². The molecule has 1 fully saturated rings. The third kappa shape index (κ3) is 8.07. The molecule has 2 aromatic rings. The zero-order chi connectivity index (χ0) is 24.6. The standard InChI is InChI=1S/C24H31FN4O4S/c1-24(2,16-29-11-13-33-14-12-29)28-34-20-9-7-19(8-10-20)26-23(32)21(15-30)27-22(31)17-3-5-18(25)6-4-17/h3-10,21,28,30H,11-16H2,1-2H3,(H,26,32)(H,27,31). The van der Waals surface area contributed by atoms with Gasteiger partial charge in [0.05, 0.1) is 19.8 Å². The van der Waals surface area contributed by atoms with Gasteiger partial charge >= 0.3 is 0 Å². The van der Waals surface area contributed by atoms with Crippen molar-refractivity contribution in [1.29, 1.82) is 0 Å². The quantitative estimate of drug-likeness (QED) is 0.379. The molecule has 0 spiro atoms. The molecule has 0 saturated carbocycles. The van der Waals surface area contributed by atoms with Crippen molar-refractivity contribution >= 4 is 29.4 Å².